The second-order valence-corrected chi connectivity index (χ2v) is 4.57. The van der Waals surface area contributed by atoms with Crippen LogP contribution in [-0.2, 0) is 14.3 Å². The summed E-state index contributed by atoms with van der Waals surface area (Å²) in [5.74, 6) is -0.540. The van der Waals surface area contributed by atoms with E-state index in [0.717, 1.165) is 0 Å². The van der Waals surface area contributed by atoms with Crippen LogP contribution in [0.5, 0.6) is 0 Å². The lowest BCUT2D eigenvalue weighted by molar-refractivity contribution is -0.148. The number of primary amides is 1. The van der Waals surface area contributed by atoms with Crippen LogP contribution in [0, 0.1) is 5.41 Å². The molecule has 1 saturated heterocycles. The molecular weight excluding hydrogens is 208 g/mol. The van der Waals surface area contributed by atoms with Crippen LogP contribution in [0.3, 0.4) is 0 Å². The summed E-state index contributed by atoms with van der Waals surface area (Å²) in [7, 11) is 0. The van der Waals surface area contributed by atoms with Gasteiger partial charge in [0.2, 0.25) is 5.91 Å². The molecule has 0 spiro atoms. The molecule has 1 amide bonds. The number of carbonyl (C=O) groups excluding carboxylic acids is 2. The summed E-state index contributed by atoms with van der Waals surface area (Å²) in [6, 6.07) is -0.305. The van der Waals surface area contributed by atoms with Crippen molar-refractivity contribution >= 4 is 11.9 Å². The van der Waals surface area contributed by atoms with Crippen molar-refractivity contribution in [2.45, 2.75) is 33.2 Å². The minimum Gasteiger partial charge on any atom is -0.465 e. The van der Waals surface area contributed by atoms with E-state index in [1.165, 1.54) is 0 Å². The topological polar surface area (TPSA) is 72.6 Å². The molecule has 1 heterocycles. The molecule has 2 unspecified atom stereocenters. The quantitative estimate of drug-likeness (QED) is 0.694. The minimum atomic E-state index is -0.513. The first-order chi connectivity index (χ1) is 7.40. The van der Waals surface area contributed by atoms with Crippen molar-refractivity contribution in [1.82, 2.24) is 4.90 Å². The van der Waals surface area contributed by atoms with Crippen molar-refractivity contribution < 1.29 is 14.3 Å². The van der Waals surface area contributed by atoms with Crippen LogP contribution < -0.4 is 5.73 Å². The Bertz CT molecular complexity index is 293. The lowest BCUT2D eigenvalue weighted by atomic mass is 9.89. The van der Waals surface area contributed by atoms with Gasteiger partial charge in [-0.1, -0.05) is 0 Å². The second kappa shape index (κ2) is 4.82. The van der Waals surface area contributed by atoms with Crippen LogP contribution in [0.25, 0.3) is 0 Å². The number of hydrogen-bond donors (Lipinski definition) is 1. The molecule has 2 N–H and O–H groups in total. The molecule has 1 fully saturated rings. The van der Waals surface area contributed by atoms with Gasteiger partial charge in [-0.3, -0.25) is 14.5 Å². The van der Waals surface area contributed by atoms with Gasteiger partial charge in [0.1, 0.15) is 6.04 Å². The van der Waals surface area contributed by atoms with Crippen molar-refractivity contribution in [1.29, 1.82) is 0 Å². The Morgan fingerprint density at radius 1 is 1.56 bits per heavy atom. The predicted molar refractivity (Wildman–Crippen MR) is 59.6 cm³/mol. The third-order valence-corrected chi connectivity index (χ3v) is 3.27. The van der Waals surface area contributed by atoms with Crippen LogP contribution in [0.1, 0.15) is 27.2 Å². The highest BCUT2D eigenvalue weighted by Crippen LogP contribution is 2.30. The van der Waals surface area contributed by atoms with E-state index in [-0.39, 0.29) is 17.9 Å². The molecule has 5 heteroatoms. The Labute approximate surface area is 95.9 Å². The highest BCUT2D eigenvalue weighted by Gasteiger charge is 2.41. The summed E-state index contributed by atoms with van der Waals surface area (Å²) < 4.78 is 4.95. The largest absolute Gasteiger partial charge is 0.465 e. The number of ether oxygens (including phenoxy) is 1. The van der Waals surface area contributed by atoms with Crippen molar-refractivity contribution in [2.75, 3.05) is 19.7 Å². The summed E-state index contributed by atoms with van der Waals surface area (Å²) >= 11 is 0. The SMILES string of the molecule is CCOC(=O)C(C)N1CCC(C)(C(N)=O)C1. The van der Waals surface area contributed by atoms with Gasteiger partial charge in [0.05, 0.1) is 12.0 Å². The van der Waals surface area contributed by atoms with E-state index < -0.39 is 5.41 Å². The number of carbonyl (C=O) groups is 2. The molecule has 92 valence electrons. The highest BCUT2D eigenvalue weighted by atomic mass is 16.5. The Morgan fingerprint density at radius 2 is 2.19 bits per heavy atom. The van der Waals surface area contributed by atoms with Gasteiger partial charge >= 0.3 is 5.97 Å². The number of hydrogen-bond acceptors (Lipinski definition) is 4. The van der Waals surface area contributed by atoms with E-state index in [0.29, 0.717) is 26.1 Å². The Balaban J connectivity index is 2.59. The molecule has 1 aliphatic rings. The molecule has 2 atom stereocenters. The van der Waals surface area contributed by atoms with E-state index in [9.17, 15) is 9.59 Å². The molecular formula is C11H20N2O3. The summed E-state index contributed by atoms with van der Waals surface area (Å²) in [4.78, 5) is 24.7. The minimum absolute atomic E-state index is 0.240. The molecule has 1 rings (SSSR count). The van der Waals surface area contributed by atoms with E-state index in [2.05, 4.69) is 0 Å². The van der Waals surface area contributed by atoms with E-state index in [1.807, 2.05) is 11.8 Å². The standard InChI is InChI=1S/C11H20N2O3/c1-4-16-9(14)8(2)13-6-5-11(3,7-13)10(12)15/h8H,4-7H2,1-3H3,(H2,12,15). The Hall–Kier alpha value is -1.10. The van der Waals surface area contributed by atoms with Gasteiger partial charge in [-0.05, 0) is 27.2 Å². The van der Waals surface area contributed by atoms with Crippen LogP contribution >= 0.6 is 0 Å². The number of amides is 1. The number of rotatable bonds is 4. The van der Waals surface area contributed by atoms with Crippen molar-refractivity contribution in [2.24, 2.45) is 11.1 Å². The van der Waals surface area contributed by atoms with Gasteiger partial charge in [-0.25, -0.2) is 0 Å². The fraction of sp³-hybridized carbons (Fsp3) is 0.818. The average molecular weight is 228 g/mol. The van der Waals surface area contributed by atoms with Crippen LogP contribution in [0.2, 0.25) is 0 Å². The number of likely N-dealkylation sites (tertiary alicyclic amines) is 1. The molecule has 0 radical (unpaired) electrons. The monoisotopic (exact) mass is 228 g/mol. The molecule has 0 aromatic heterocycles. The maximum absolute atomic E-state index is 11.5. The zero-order chi connectivity index (χ0) is 12.3. The van der Waals surface area contributed by atoms with Crippen molar-refractivity contribution in [3.63, 3.8) is 0 Å². The highest BCUT2D eigenvalue weighted by molar-refractivity contribution is 5.81. The second-order valence-electron chi connectivity index (χ2n) is 4.57. The van der Waals surface area contributed by atoms with Gasteiger partial charge in [0.15, 0.2) is 0 Å². The van der Waals surface area contributed by atoms with Gasteiger partial charge in [0, 0.05) is 13.1 Å². The van der Waals surface area contributed by atoms with Crippen LogP contribution in [-0.4, -0.2) is 42.5 Å². The third-order valence-electron chi connectivity index (χ3n) is 3.27. The normalized spacial score (nSPS) is 27.7. The zero-order valence-corrected chi connectivity index (χ0v) is 10.2. The first-order valence-electron chi connectivity index (χ1n) is 5.61. The first-order valence-corrected chi connectivity index (χ1v) is 5.61. The number of esters is 1. The molecule has 16 heavy (non-hydrogen) atoms. The maximum Gasteiger partial charge on any atom is 0.323 e. The van der Waals surface area contributed by atoms with Crippen molar-refractivity contribution in [3.8, 4) is 0 Å². The lowest BCUT2D eigenvalue weighted by Gasteiger charge is -2.24. The predicted octanol–water partition coefficient (Wildman–Crippen LogP) is 0.135. The van der Waals surface area contributed by atoms with Gasteiger partial charge in [0.25, 0.3) is 0 Å². The Morgan fingerprint density at radius 3 is 2.62 bits per heavy atom. The fourth-order valence-electron chi connectivity index (χ4n) is 1.94. The van der Waals surface area contributed by atoms with E-state index in [1.54, 1.807) is 13.8 Å². The first kappa shape index (κ1) is 13.0. The molecule has 0 saturated carbocycles. The third kappa shape index (κ3) is 2.52. The molecule has 5 nitrogen and oxygen atoms in total. The average Bonchev–Trinajstić information content (AvgIpc) is 2.61. The smallest absolute Gasteiger partial charge is 0.323 e. The molecule has 0 bridgehead atoms. The summed E-state index contributed by atoms with van der Waals surface area (Å²) in [5.41, 5.74) is 4.83. The number of nitrogens with zero attached hydrogens (tertiary/aromatic N) is 1. The van der Waals surface area contributed by atoms with E-state index in [4.69, 9.17) is 10.5 Å². The number of nitrogens with two attached hydrogens (primary N) is 1. The van der Waals surface area contributed by atoms with Gasteiger partial charge in [-0.15, -0.1) is 0 Å². The van der Waals surface area contributed by atoms with E-state index >= 15 is 0 Å². The summed E-state index contributed by atoms with van der Waals surface area (Å²) in [6.07, 6.45) is 0.700. The molecule has 0 aliphatic carbocycles. The van der Waals surface area contributed by atoms with Crippen molar-refractivity contribution in [3.05, 3.63) is 0 Å². The van der Waals surface area contributed by atoms with Gasteiger partial charge in [-0.2, -0.15) is 0 Å². The molecule has 0 aromatic carbocycles. The lowest BCUT2D eigenvalue weighted by Crippen LogP contribution is -2.42. The summed E-state index contributed by atoms with van der Waals surface area (Å²) in [5, 5.41) is 0. The molecule has 1 aliphatic heterocycles. The maximum atomic E-state index is 11.5. The zero-order valence-electron chi connectivity index (χ0n) is 10.2. The van der Waals surface area contributed by atoms with Gasteiger partial charge < -0.3 is 10.5 Å². The van der Waals surface area contributed by atoms with Crippen LogP contribution in [0.15, 0.2) is 0 Å². The van der Waals surface area contributed by atoms with Crippen LogP contribution in [0.4, 0.5) is 0 Å². The fourth-order valence-corrected chi connectivity index (χ4v) is 1.94. The molecule has 0 aromatic rings. The Kier molecular flexibility index (Phi) is 3.91. The summed E-state index contributed by atoms with van der Waals surface area (Å²) in [6.45, 7) is 7.03.